The first kappa shape index (κ1) is 13.4. The summed E-state index contributed by atoms with van der Waals surface area (Å²) in [5.74, 6) is 1.11. The van der Waals surface area contributed by atoms with E-state index in [-0.39, 0.29) is 18.7 Å². The Hall–Kier alpha value is -2.56. The van der Waals surface area contributed by atoms with Crippen molar-refractivity contribution in [2.24, 2.45) is 0 Å². The van der Waals surface area contributed by atoms with E-state index < -0.39 is 0 Å². The molecule has 0 amide bonds. The van der Waals surface area contributed by atoms with Crippen molar-refractivity contribution >= 4 is 11.6 Å². The molecular weight excluding hydrogens is 271 g/mol. The summed E-state index contributed by atoms with van der Waals surface area (Å²) in [6.45, 7) is 2.21. The summed E-state index contributed by atoms with van der Waals surface area (Å²) in [5, 5.41) is 3.31. The molecule has 1 atom stereocenters. The van der Waals surface area contributed by atoms with Crippen LogP contribution in [-0.2, 0) is 9.47 Å². The summed E-state index contributed by atoms with van der Waals surface area (Å²) in [6.07, 6.45) is 3.28. The van der Waals surface area contributed by atoms with Gasteiger partial charge in [0.1, 0.15) is 17.9 Å². The van der Waals surface area contributed by atoms with Gasteiger partial charge in [-0.05, 0) is 36.8 Å². The maximum atomic E-state index is 13.0. The fraction of sp³-hybridized carbons (Fsp3) is 0.188. The Morgan fingerprint density at radius 3 is 2.76 bits per heavy atom. The smallest absolute Gasteiger partial charge is 0.230 e. The summed E-state index contributed by atoms with van der Waals surface area (Å²) in [5.41, 5.74) is 1.81. The molecule has 21 heavy (non-hydrogen) atoms. The fourth-order valence-electron chi connectivity index (χ4n) is 2.14. The molecule has 1 unspecified atom stereocenters. The van der Waals surface area contributed by atoms with Crippen LogP contribution in [0, 0.1) is 5.82 Å². The minimum Gasteiger partial charge on any atom is -0.461 e. The van der Waals surface area contributed by atoms with Gasteiger partial charge in [0, 0.05) is 12.2 Å². The topological polar surface area (TPSA) is 43.4 Å². The molecule has 0 spiro atoms. The summed E-state index contributed by atoms with van der Waals surface area (Å²) >= 11 is 0. The highest BCUT2D eigenvalue weighted by atomic mass is 19.1. The molecule has 2 aromatic rings. The first-order valence-electron chi connectivity index (χ1n) is 6.66. The summed E-state index contributed by atoms with van der Waals surface area (Å²) in [7, 11) is 0. The van der Waals surface area contributed by atoms with Crippen LogP contribution < -0.4 is 5.32 Å². The van der Waals surface area contributed by atoms with Crippen LogP contribution in [0.2, 0.25) is 0 Å². The van der Waals surface area contributed by atoms with Crippen LogP contribution in [0.4, 0.5) is 10.2 Å². The lowest BCUT2D eigenvalue weighted by atomic mass is 10.1. The molecule has 3 rings (SSSR count). The standard InChI is InChI=1S/C16H15FN2O2/c1-11(12-4-6-13(17)7-5-12)19-16-14(3-2-8-18-16)15-9-20-10-21-15/h2-9,11H,10H2,1H3,(H,18,19). The van der Waals surface area contributed by atoms with Crippen molar-refractivity contribution in [3.05, 3.63) is 65.8 Å². The van der Waals surface area contributed by atoms with Crippen LogP contribution in [0.15, 0.2) is 48.9 Å². The first-order chi connectivity index (χ1) is 10.2. The van der Waals surface area contributed by atoms with Crippen molar-refractivity contribution in [2.75, 3.05) is 12.1 Å². The maximum Gasteiger partial charge on any atom is 0.230 e. The molecule has 1 N–H and O–H groups in total. The Labute approximate surface area is 122 Å². The molecule has 0 saturated heterocycles. The number of nitrogens with zero attached hydrogens (tertiary/aromatic N) is 1. The Morgan fingerprint density at radius 1 is 1.24 bits per heavy atom. The number of pyridine rings is 1. The van der Waals surface area contributed by atoms with Crippen LogP contribution >= 0.6 is 0 Å². The highest BCUT2D eigenvalue weighted by Gasteiger charge is 2.16. The Bertz CT molecular complexity index is 656. The number of halogens is 1. The summed E-state index contributed by atoms with van der Waals surface area (Å²) in [6, 6.07) is 10.1. The van der Waals surface area contributed by atoms with Crippen LogP contribution in [0.25, 0.3) is 5.76 Å². The normalized spacial score (nSPS) is 14.9. The number of ether oxygens (including phenoxy) is 2. The first-order valence-corrected chi connectivity index (χ1v) is 6.66. The third-order valence-electron chi connectivity index (χ3n) is 3.27. The van der Waals surface area contributed by atoms with E-state index in [9.17, 15) is 4.39 Å². The van der Waals surface area contributed by atoms with Crippen molar-refractivity contribution in [1.82, 2.24) is 4.98 Å². The zero-order valence-electron chi connectivity index (χ0n) is 11.5. The molecule has 1 aliphatic rings. The van der Waals surface area contributed by atoms with E-state index in [1.54, 1.807) is 24.6 Å². The number of anilines is 1. The molecule has 1 aromatic heterocycles. The maximum absolute atomic E-state index is 13.0. The molecule has 108 valence electrons. The van der Waals surface area contributed by atoms with Crippen LogP contribution in [0.3, 0.4) is 0 Å². The number of benzene rings is 1. The Kier molecular flexibility index (Phi) is 3.73. The minimum atomic E-state index is -0.244. The van der Waals surface area contributed by atoms with Gasteiger partial charge in [-0.15, -0.1) is 0 Å². The Balaban J connectivity index is 1.83. The van der Waals surface area contributed by atoms with Gasteiger partial charge in [0.25, 0.3) is 0 Å². The minimum absolute atomic E-state index is 0.0119. The van der Waals surface area contributed by atoms with Gasteiger partial charge < -0.3 is 14.8 Å². The predicted molar refractivity (Wildman–Crippen MR) is 77.7 cm³/mol. The molecule has 4 nitrogen and oxygen atoms in total. The van der Waals surface area contributed by atoms with Gasteiger partial charge >= 0.3 is 0 Å². The van der Waals surface area contributed by atoms with Crippen molar-refractivity contribution in [3.63, 3.8) is 0 Å². The largest absolute Gasteiger partial charge is 0.461 e. The predicted octanol–water partition coefficient (Wildman–Crippen LogP) is 3.70. The van der Waals surface area contributed by atoms with E-state index in [2.05, 4.69) is 10.3 Å². The van der Waals surface area contributed by atoms with Gasteiger partial charge in [0.05, 0.1) is 5.56 Å². The lowest BCUT2D eigenvalue weighted by Gasteiger charge is -2.17. The molecule has 0 fully saturated rings. The number of nitrogens with one attached hydrogen (secondary N) is 1. The van der Waals surface area contributed by atoms with E-state index in [1.807, 2.05) is 19.1 Å². The molecule has 0 saturated carbocycles. The highest BCUT2D eigenvalue weighted by Crippen LogP contribution is 2.28. The number of hydrogen-bond acceptors (Lipinski definition) is 4. The molecule has 2 heterocycles. The highest BCUT2D eigenvalue weighted by molar-refractivity contribution is 5.70. The van der Waals surface area contributed by atoms with E-state index >= 15 is 0 Å². The van der Waals surface area contributed by atoms with E-state index in [0.717, 1.165) is 11.1 Å². The lowest BCUT2D eigenvalue weighted by Crippen LogP contribution is -2.10. The number of aromatic nitrogens is 1. The number of hydrogen-bond donors (Lipinski definition) is 1. The zero-order chi connectivity index (χ0) is 14.7. The molecule has 1 aliphatic heterocycles. The third kappa shape index (κ3) is 2.97. The fourth-order valence-corrected chi connectivity index (χ4v) is 2.14. The van der Waals surface area contributed by atoms with Gasteiger partial charge in [-0.2, -0.15) is 0 Å². The van der Waals surface area contributed by atoms with Crippen LogP contribution in [-0.4, -0.2) is 11.8 Å². The molecule has 1 aromatic carbocycles. The van der Waals surface area contributed by atoms with Gasteiger partial charge in [-0.3, -0.25) is 0 Å². The molecule has 5 heteroatoms. The average molecular weight is 286 g/mol. The second kappa shape index (κ2) is 5.83. The van der Waals surface area contributed by atoms with E-state index in [0.29, 0.717) is 11.6 Å². The quantitative estimate of drug-likeness (QED) is 0.930. The molecule has 0 radical (unpaired) electrons. The zero-order valence-corrected chi connectivity index (χ0v) is 11.5. The second-order valence-electron chi connectivity index (χ2n) is 4.73. The van der Waals surface area contributed by atoms with Gasteiger partial charge in [-0.1, -0.05) is 12.1 Å². The molecule has 0 aliphatic carbocycles. The third-order valence-corrected chi connectivity index (χ3v) is 3.27. The number of rotatable bonds is 4. The monoisotopic (exact) mass is 286 g/mol. The van der Waals surface area contributed by atoms with Crippen molar-refractivity contribution in [3.8, 4) is 0 Å². The second-order valence-corrected chi connectivity index (χ2v) is 4.73. The van der Waals surface area contributed by atoms with Crippen molar-refractivity contribution < 1.29 is 13.9 Å². The van der Waals surface area contributed by atoms with Crippen LogP contribution in [0.5, 0.6) is 0 Å². The van der Waals surface area contributed by atoms with E-state index in [4.69, 9.17) is 9.47 Å². The molecular formula is C16H15FN2O2. The van der Waals surface area contributed by atoms with Gasteiger partial charge in [-0.25, -0.2) is 9.37 Å². The van der Waals surface area contributed by atoms with Gasteiger partial charge in [0.2, 0.25) is 6.79 Å². The van der Waals surface area contributed by atoms with Crippen LogP contribution in [0.1, 0.15) is 24.1 Å². The lowest BCUT2D eigenvalue weighted by molar-refractivity contribution is 0.100. The van der Waals surface area contributed by atoms with Crippen molar-refractivity contribution in [1.29, 1.82) is 0 Å². The summed E-state index contributed by atoms with van der Waals surface area (Å²) < 4.78 is 23.5. The molecule has 0 bridgehead atoms. The summed E-state index contributed by atoms with van der Waals surface area (Å²) in [4.78, 5) is 4.34. The average Bonchev–Trinajstić information content (AvgIpc) is 3.02. The SMILES string of the molecule is CC(Nc1ncccc1C1=COCO1)c1ccc(F)cc1. The van der Waals surface area contributed by atoms with Crippen molar-refractivity contribution in [2.45, 2.75) is 13.0 Å². The van der Waals surface area contributed by atoms with Gasteiger partial charge in [0.15, 0.2) is 5.76 Å². The Morgan fingerprint density at radius 2 is 2.05 bits per heavy atom. The van der Waals surface area contributed by atoms with E-state index in [1.165, 1.54) is 12.1 Å².